The van der Waals surface area contributed by atoms with Gasteiger partial charge in [0, 0.05) is 10.8 Å². The lowest BCUT2D eigenvalue weighted by Gasteiger charge is -2.03. The van der Waals surface area contributed by atoms with Crippen molar-refractivity contribution in [1.82, 2.24) is 4.98 Å². The molecular weight excluding hydrogens is 194 g/mol. The van der Waals surface area contributed by atoms with Gasteiger partial charge in [0.2, 0.25) is 0 Å². The second-order valence-electron chi connectivity index (χ2n) is 4.38. The van der Waals surface area contributed by atoms with Crippen molar-refractivity contribution in [2.24, 2.45) is 0 Å². The van der Waals surface area contributed by atoms with Gasteiger partial charge in [0.15, 0.2) is 0 Å². The molecule has 3 aromatic rings. The van der Waals surface area contributed by atoms with E-state index >= 15 is 0 Å². The topological polar surface area (TPSA) is 12.9 Å². The molecule has 0 aliphatic carbocycles. The summed E-state index contributed by atoms with van der Waals surface area (Å²) in [6, 6.07) is 15.0. The first-order valence-corrected chi connectivity index (χ1v) is 5.50. The van der Waals surface area contributed by atoms with Gasteiger partial charge in [-0.3, -0.25) is 0 Å². The summed E-state index contributed by atoms with van der Waals surface area (Å²) in [5.41, 5.74) is 4.68. The first-order valence-electron chi connectivity index (χ1n) is 5.50. The lowest BCUT2D eigenvalue weighted by Crippen LogP contribution is -1.84. The van der Waals surface area contributed by atoms with Crippen molar-refractivity contribution in [3.05, 3.63) is 53.6 Å². The molecular formula is C15H13N. The van der Waals surface area contributed by atoms with E-state index in [1.165, 1.54) is 21.9 Å². The van der Waals surface area contributed by atoms with Crippen LogP contribution in [0.4, 0.5) is 0 Å². The van der Waals surface area contributed by atoms with Crippen LogP contribution >= 0.6 is 0 Å². The van der Waals surface area contributed by atoms with Crippen LogP contribution in [0, 0.1) is 13.8 Å². The molecule has 0 aliphatic rings. The summed E-state index contributed by atoms with van der Waals surface area (Å²) in [6.45, 7) is 4.20. The number of nitrogens with zero attached hydrogens (tertiary/aromatic N) is 1. The van der Waals surface area contributed by atoms with Gasteiger partial charge in [-0.15, -0.1) is 0 Å². The summed E-state index contributed by atoms with van der Waals surface area (Å²) in [5, 5.41) is 2.42. The summed E-state index contributed by atoms with van der Waals surface area (Å²) in [4.78, 5) is 4.70. The highest BCUT2D eigenvalue weighted by atomic mass is 14.7. The Hall–Kier alpha value is -1.89. The van der Waals surface area contributed by atoms with Crippen molar-refractivity contribution in [3.63, 3.8) is 0 Å². The highest BCUT2D eigenvalue weighted by molar-refractivity contribution is 5.93. The first kappa shape index (κ1) is 9.34. The van der Waals surface area contributed by atoms with Crippen molar-refractivity contribution in [2.45, 2.75) is 13.8 Å². The molecule has 0 N–H and O–H groups in total. The third kappa shape index (κ3) is 1.45. The van der Waals surface area contributed by atoms with Crippen LogP contribution in [0.2, 0.25) is 0 Å². The Labute approximate surface area is 94.7 Å². The number of aromatic nitrogens is 1. The average Bonchev–Trinajstić information content (AvgIpc) is 2.26. The highest BCUT2D eigenvalue weighted by Crippen LogP contribution is 2.21. The van der Waals surface area contributed by atoms with Crippen molar-refractivity contribution < 1.29 is 0 Å². The zero-order valence-electron chi connectivity index (χ0n) is 9.49. The monoisotopic (exact) mass is 207 g/mol. The van der Waals surface area contributed by atoms with Crippen LogP contribution < -0.4 is 0 Å². The first-order chi connectivity index (χ1) is 7.72. The van der Waals surface area contributed by atoms with Gasteiger partial charge in [-0.2, -0.15) is 0 Å². The van der Waals surface area contributed by atoms with Crippen LogP contribution in [0.1, 0.15) is 11.1 Å². The quantitative estimate of drug-likeness (QED) is 0.508. The molecule has 0 aliphatic heterocycles. The van der Waals surface area contributed by atoms with Crippen molar-refractivity contribution in [2.75, 3.05) is 0 Å². The Kier molecular flexibility index (Phi) is 1.93. The third-order valence-electron chi connectivity index (χ3n) is 2.92. The standard InChI is InChI=1S/C15H13N/c1-10-3-5-12-9-13-6-4-11(2)8-15(13)16-14(12)7-10/h3-9H,1-2H3. The molecule has 1 nitrogen and oxygen atoms in total. The largest absolute Gasteiger partial charge is 0.248 e. The Morgan fingerprint density at radius 3 is 1.69 bits per heavy atom. The fourth-order valence-corrected chi connectivity index (χ4v) is 2.04. The van der Waals surface area contributed by atoms with E-state index in [1.54, 1.807) is 0 Å². The van der Waals surface area contributed by atoms with Crippen LogP contribution in [-0.4, -0.2) is 4.98 Å². The summed E-state index contributed by atoms with van der Waals surface area (Å²) >= 11 is 0. The van der Waals surface area contributed by atoms with Crippen molar-refractivity contribution in [1.29, 1.82) is 0 Å². The number of hydrogen-bond donors (Lipinski definition) is 0. The third-order valence-corrected chi connectivity index (χ3v) is 2.92. The Bertz CT molecular complexity index is 626. The molecule has 0 unspecified atom stereocenters. The molecule has 0 fully saturated rings. The van der Waals surface area contributed by atoms with E-state index in [0.29, 0.717) is 0 Å². The summed E-state index contributed by atoms with van der Waals surface area (Å²) in [6.07, 6.45) is 0. The van der Waals surface area contributed by atoms with Gasteiger partial charge >= 0.3 is 0 Å². The summed E-state index contributed by atoms with van der Waals surface area (Å²) < 4.78 is 0. The number of benzene rings is 2. The maximum Gasteiger partial charge on any atom is 0.0712 e. The van der Waals surface area contributed by atoms with E-state index < -0.39 is 0 Å². The predicted molar refractivity (Wildman–Crippen MR) is 68.7 cm³/mol. The second-order valence-corrected chi connectivity index (χ2v) is 4.38. The molecule has 0 saturated heterocycles. The van der Waals surface area contributed by atoms with E-state index in [0.717, 1.165) is 11.0 Å². The number of rotatable bonds is 0. The molecule has 0 amide bonds. The zero-order chi connectivity index (χ0) is 11.1. The van der Waals surface area contributed by atoms with Gasteiger partial charge in [-0.1, -0.05) is 24.3 Å². The normalized spacial score (nSPS) is 11.1. The molecule has 1 aromatic heterocycles. The number of aryl methyl sites for hydroxylation is 2. The Morgan fingerprint density at radius 1 is 0.688 bits per heavy atom. The van der Waals surface area contributed by atoms with Gasteiger partial charge in [0.05, 0.1) is 11.0 Å². The molecule has 0 bridgehead atoms. The maximum atomic E-state index is 4.70. The molecule has 16 heavy (non-hydrogen) atoms. The Morgan fingerprint density at radius 2 is 1.19 bits per heavy atom. The van der Waals surface area contributed by atoms with Crippen LogP contribution in [0.5, 0.6) is 0 Å². The smallest absolute Gasteiger partial charge is 0.0712 e. The molecule has 1 heteroatoms. The van der Waals surface area contributed by atoms with Crippen LogP contribution in [-0.2, 0) is 0 Å². The van der Waals surface area contributed by atoms with Gasteiger partial charge in [0.1, 0.15) is 0 Å². The number of fused-ring (bicyclic) bond motifs is 2. The van der Waals surface area contributed by atoms with E-state index in [1.807, 2.05) is 0 Å². The van der Waals surface area contributed by atoms with E-state index in [9.17, 15) is 0 Å². The van der Waals surface area contributed by atoms with Crippen LogP contribution in [0.15, 0.2) is 42.5 Å². The van der Waals surface area contributed by atoms with Gasteiger partial charge in [0.25, 0.3) is 0 Å². The lowest BCUT2D eigenvalue weighted by molar-refractivity contribution is 1.42. The molecule has 1 heterocycles. The minimum absolute atomic E-state index is 1.08. The summed E-state index contributed by atoms with van der Waals surface area (Å²) in [5.74, 6) is 0. The molecule has 0 radical (unpaired) electrons. The molecule has 3 rings (SSSR count). The fourth-order valence-electron chi connectivity index (χ4n) is 2.04. The molecule has 0 atom stereocenters. The number of hydrogen-bond acceptors (Lipinski definition) is 1. The molecule has 2 aromatic carbocycles. The van der Waals surface area contributed by atoms with Crippen LogP contribution in [0.25, 0.3) is 21.8 Å². The zero-order valence-corrected chi connectivity index (χ0v) is 9.49. The van der Waals surface area contributed by atoms with E-state index in [-0.39, 0.29) is 0 Å². The Balaban J connectivity index is 2.44. The highest BCUT2D eigenvalue weighted by Gasteiger charge is 2.00. The SMILES string of the molecule is Cc1ccc2cc3ccc(C)cc3nc2c1. The fraction of sp³-hybridized carbons (Fsp3) is 0.133. The molecule has 78 valence electrons. The maximum absolute atomic E-state index is 4.70. The number of pyridine rings is 1. The summed E-state index contributed by atoms with van der Waals surface area (Å²) in [7, 11) is 0. The molecule has 0 saturated carbocycles. The predicted octanol–water partition coefficient (Wildman–Crippen LogP) is 4.00. The minimum Gasteiger partial charge on any atom is -0.248 e. The lowest BCUT2D eigenvalue weighted by atomic mass is 10.1. The van der Waals surface area contributed by atoms with Gasteiger partial charge < -0.3 is 0 Å². The van der Waals surface area contributed by atoms with E-state index in [2.05, 4.69) is 56.3 Å². The average molecular weight is 207 g/mol. The van der Waals surface area contributed by atoms with E-state index in [4.69, 9.17) is 4.98 Å². The minimum atomic E-state index is 1.08. The second kappa shape index (κ2) is 3.31. The van der Waals surface area contributed by atoms with Gasteiger partial charge in [-0.05, 0) is 43.2 Å². The van der Waals surface area contributed by atoms with Crippen molar-refractivity contribution in [3.8, 4) is 0 Å². The molecule has 0 spiro atoms. The van der Waals surface area contributed by atoms with Crippen molar-refractivity contribution >= 4 is 21.8 Å². The van der Waals surface area contributed by atoms with Crippen LogP contribution in [0.3, 0.4) is 0 Å². The van der Waals surface area contributed by atoms with Gasteiger partial charge in [-0.25, -0.2) is 4.98 Å².